The quantitative estimate of drug-likeness (QED) is 0.408. The van der Waals surface area contributed by atoms with Crippen LogP contribution in [0.2, 0.25) is 0 Å². The van der Waals surface area contributed by atoms with E-state index in [4.69, 9.17) is 4.74 Å². The van der Waals surface area contributed by atoms with Gasteiger partial charge in [-0.3, -0.25) is 4.79 Å². The first-order valence-electron chi connectivity index (χ1n) is 9.80. The van der Waals surface area contributed by atoms with Crippen LogP contribution in [0.3, 0.4) is 0 Å². The number of carbonyl (C=O) groups excluding carboxylic acids is 1. The lowest BCUT2D eigenvalue weighted by atomic mass is 10.1. The molecule has 0 bridgehead atoms. The fraction of sp³-hybridized carbons (Fsp3) is 0.182. The van der Waals surface area contributed by atoms with Gasteiger partial charge in [0.25, 0.3) is 5.78 Å². The van der Waals surface area contributed by atoms with Gasteiger partial charge in [-0.2, -0.15) is 14.6 Å². The Kier molecular flexibility index (Phi) is 4.62. The number of fused-ring (bicyclic) bond motifs is 3. The standard InChI is InChI=1S/C22H19N7O2/c1-14-8-10-16(11-9-14)28-21-20(17(26-28)13-19(30)31-2)24-25-22-23-18(27-29(21)22)12-15-6-4-3-5-7-15/h3-11H,12-13H2,1-2H3. The molecule has 0 atom stereocenters. The lowest BCUT2D eigenvalue weighted by Crippen LogP contribution is -2.06. The minimum absolute atomic E-state index is 0.0163. The molecule has 0 unspecified atom stereocenters. The predicted molar refractivity (Wildman–Crippen MR) is 113 cm³/mol. The normalized spacial score (nSPS) is 11.3. The van der Waals surface area contributed by atoms with E-state index in [1.54, 1.807) is 9.20 Å². The zero-order valence-corrected chi connectivity index (χ0v) is 17.1. The predicted octanol–water partition coefficient (Wildman–Crippen LogP) is 2.47. The van der Waals surface area contributed by atoms with Crippen molar-refractivity contribution in [2.24, 2.45) is 0 Å². The highest BCUT2D eigenvalue weighted by atomic mass is 16.5. The molecule has 0 amide bonds. The zero-order valence-electron chi connectivity index (χ0n) is 17.1. The number of nitrogens with zero attached hydrogens (tertiary/aromatic N) is 7. The van der Waals surface area contributed by atoms with Crippen LogP contribution in [-0.4, -0.2) is 47.7 Å². The molecule has 0 saturated carbocycles. The molecule has 31 heavy (non-hydrogen) atoms. The molecule has 0 saturated heterocycles. The second-order valence-electron chi connectivity index (χ2n) is 7.22. The average Bonchev–Trinajstić information content (AvgIpc) is 3.36. The van der Waals surface area contributed by atoms with Crippen LogP contribution in [0.5, 0.6) is 0 Å². The van der Waals surface area contributed by atoms with E-state index >= 15 is 0 Å². The summed E-state index contributed by atoms with van der Waals surface area (Å²) in [6.45, 7) is 2.02. The molecule has 0 radical (unpaired) electrons. The van der Waals surface area contributed by atoms with Gasteiger partial charge in [0.05, 0.1) is 19.2 Å². The Labute approximate surface area is 177 Å². The van der Waals surface area contributed by atoms with Crippen LogP contribution < -0.4 is 0 Å². The SMILES string of the molecule is COC(=O)Cc1nn(-c2ccc(C)cc2)c2c1nnc1nc(Cc3ccccc3)nn12. The Morgan fingerprint density at radius 1 is 1.00 bits per heavy atom. The molecule has 3 heterocycles. The summed E-state index contributed by atoms with van der Waals surface area (Å²) in [4.78, 5) is 16.5. The van der Waals surface area contributed by atoms with E-state index in [-0.39, 0.29) is 6.42 Å². The van der Waals surface area contributed by atoms with Crippen LogP contribution in [0.25, 0.3) is 22.6 Å². The topological polar surface area (TPSA) is 100 Å². The largest absolute Gasteiger partial charge is 0.469 e. The fourth-order valence-electron chi connectivity index (χ4n) is 3.43. The van der Waals surface area contributed by atoms with Gasteiger partial charge in [0.1, 0.15) is 5.69 Å². The van der Waals surface area contributed by atoms with Crippen LogP contribution in [0.4, 0.5) is 0 Å². The second-order valence-corrected chi connectivity index (χ2v) is 7.22. The van der Waals surface area contributed by atoms with Gasteiger partial charge in [0, 0.05) is 6.42 Å². The molecule has 0 N–H and O–H groups in total. The molecule has 3 aromatic heterocycles. The van der Waals surface area contributed by atoms with Gasteiger partial charge in [0.2, 0.25) is 0 Å². The Morgan fingerprint density at radius 2 is 1.77 bits per heavy atom. The molecule has 9 nitrogen and oxygen atoms in total. The molecule has 0 fully saturated rings. The molecule has 5 rings (SSSR count). The minimum atomic E-state index is -0.402. The van der Waals surface area contributed by atoms with Crippen molar-refractivity contribution in [1.29, 1.82) is 0 Å². The summed E-state index contributed by atoms with van der Waals surface area (Å²) >= 11 is 0. The van der Waals surface area contributed by atoms with Crippen LogP contribution in [-0.2, 0) is 22.4 Å². The van der Waals surface area contributed by atoms with Crippen LogP contribution >= 0.6 is 0 Å². The molecule has 0 aliphatic rings. The number of esters is 1. The van der Waals surface area contributed by atoms with Gasteiger partial charge >= 0.3 is 5.97 Å². The summed E-state index contributed by atoms with van der Waals surface area (Å²) in [6, 6.07) is 17.9. The Bertz CT molecular complexity index is 1390. The van der Waals surface area contributed by atoms with E-state index in [0.717, 1.165) is 16.8 Å². The van der Waals surface area contributed by atoms with Crippen molar-refractivity contribution >= 4 is 22.9 Å². The summed E-state index contributed by atoms with van der Waals surface area (Å²) in [6.07, 6.45) is 0.553. The van der Waals surface area contributed by atoms with E-state index in [1.165, 1.54) is 7.11 Å². The summed E-state index contributed by atoms with van der Waals surface area (Å²) in [7, 11) is 1.35. The smallest absolute Gasteiger partial charge is 0.311 e. The van der Waals surface area contributed by atoms with Gasteiger partial charge < -0.3 is 4.74 Å². The number of rotatable bonds is 5. The lowest BCUT2D eigenvalue weighted by Gasteiger charge is -2.04. The Hall–Kier alpha value is -4.14. The average molecular weight is 413 g/mol. The first-order chi connectivity index (χ1) is 15.1. The maximum absolute atomic E-state index is 11.9. The highest BCUT2D eigenvalue weighted by Gasteiger charge is 2.21. The summed E-state index contributed by atoms with van der Waals surface area (Å²) in [5.74, 6) is 0.594. The molecular weight excluding hydrogens is 394 g/mol. The summed E-state index contributed by atoms with van der Waals surface area (Å²) in [5.41, 5.74) is 4.60. The van der Waals surface area contributed by atoms with Gasteiger partial charge in [-0.05, 0) is 24.6 Å². The van der Waals surface area contributed by atoms with Crippen LogP contribution in [0, 0.1) is 6.92 Å². The zero-order chi connectivity index (χ0) is 21.4. The molecular formula is C22H19N7O2. The number of aromatic nitrogens is 7. The minimum Gasteiger partial charge on any atom is -0.469 e. The first kappa shape index (κ1) is 18.9. The molecule has 0 aliphatic heterocycles. The third-order valence-corrected chi connectivity index (χ3v) is 5.00. The van der Waals surface area contributed by atoms with Crippen molar-refractivity contribution in [2.75, 3.05) is 7.11 Å². The monoisotopic (exact) mass is 413 g/mol. The van der Waals surface area contributed by atoms with E-state index in [2.05, 4.69) is 25.4 Å². The highest BCUT2D eigenvalue weighted by molar-refractivity contribution is 5.82. The third kappa shape index (κ3) is 3.50. The van der Waals surface area contributed by atoms with E-state index in [1.807, 2.05) is 61.5 Å². The number of ether oxygens (including phenoxy) is 1. The van der Waals surface area contributed by atoms with E-state index in [9.17, 15) is 4.79 Å². The fourth-order valence-corrected chi connectivity index (χ4v) is 3.43. The molecule has 9 heteroatoms. The van der Waals surface area contributed by atoms with Gasteiger partial charge in [-0.1, -0.05) is 48.0 Å². The third-order valence-electron chi connectivity index (χ3n) is 5.00. The molecule has 0 aliphatic carbocycles. The van der Waals surface area contributed by atoms with Crippen LogP contribution in [0.1, 0.15) is 22.6 Å². The molecule has 0 spiro atoms. The van der Waals surface area contributed by atoms with Gasteiger partial charge in [0.15, 0.2) is 17.0 Å². The second kappa shape index (κ2) is 7.60. The van der Waals surface area contributed by atoms with Crippen molar-refractivity contribution in [1.82, 2.24) is 34.6 Å². The summed E-state index contributed by atoms with van der Waals surface area (Å²) < 4.78 is 8.17. The Morgan fingerprint density at radius 3 is 2.52 bits per heavy atom. The van der Waals surface area contributed by atoms with Crippen molar-refractivity contribution in [3.05, 3.63) is 77.2 Å². The lowest BCUT2D eigenvalue weighted by molar-refractivity contribution is -0.139. The van der Waals surface area contributed by atoms with E-state index < -0.39 is 5.97 Å². The van der Waals surface area contributed by atoms with Gasteiger partial charge in [-0.25, -0.2) is 4.68 Å². The van der Waals surface area contributed by atoms with Crippen molar-refractivity contribution in [3.63, 3.8) is 0 Å². The number of benzene rings is 2. The molecule has 5 aromatic rings. The van der Waals surface area contributed by atoms with Crippen molar-refractivity contribution in [3.8, 4) is 5.69 Å². The number of carbonyl (C=O) groups is 1. The number of hydrogen-bond donors (Lipinski definition) is 0. The van der Waals surface area contributed by atoms with Crippen molar-refractivity contribution < 1.29 is 9.53 Å². The maximum atomic E-state index is 11.9. The van der Waals surface area contributed by atoms with Gasteiger partial charge in [-0.15, -0.1) is 15.3 Å². The number of aryl methyl sites for hydroxylation is 1. The number of hydrogen-bond acceptors (Lipinski definition) is 7. The first-order valence-corrected chi connectivity index (χ1v) is 9.80. The molecule has 2 aromatic carbocycles. The Balaban J connectivity index is 1.70. The van der Waals surface area contributed by atoms with Crippen molar-refractivity contribution in [2.45, 2.75) is 19.8 Å². The number of methoxy groups -OCH3 is 1. The van der Waals surface area contributed by atoms with Crippen LogP contribution in [0.15, 0.2) is 54.6 Å². The molecule has 154 valence electrons. The maximum Gasteiger partial charge on any atom is 0.311 e. The van der Waals surface area contributed by atoms with E-state index in [0.29, 0.717) is 34.9 Å². The highest BCUT2D eigenvalue weighted by Crippen LogP contribution is 2.22. The summed E-state index contributed by atoms with van der Waals surface area (Å²) in [5, 5.41) is 17.9.